The fourth-order valence-electron chi connectivity index (χ4n) is 3.73. The molecule has 0 saturated carbocycles. The van der Waals surface area contributed by atoms with Crippen LogP contribution in [-0.4, -0.2) is 22.8 Å². The second-order valence-electron chi connectivity index (χ2n) is 8.27. The minimum absolute atomic E-state index is 0.0569. The van der Waals surface area contributed by atoms with Gasteiger partial charge in [0.25, 0.3) is 0 Å². The van der Waals surface area contributed by atoms with Crippen molar-refractivity contribution in [1.82, 2.24) is 4.98 Å². The number of pyridine rings is 1. The average Bonchev–Trinajstić information content (AvgIpc) is 2.80. The number of nitriles is 2. The molecule has 0 aliphatic carbocycles. The standard InChI is InChI=1S/C26H25IN4O3S/c1-13(2)33-26(32)23-21(12-35-25-18(10-28)15(4)14(3)16(5)31-25)34-24(30)19(11-29)22(23)17-8-6-7-9-20(17)27/h6-9,13,22H,12,30H2,1-5H3. The second-order valence-corrected chi connectivity index (χ2v) is 10.4. The Bertz CT molecular complexity index is 1340. The number of hydrogen-bond donors (Lipinski definition) is 1. The number of ether oxygens (including phenoxy) is 2. The maximum atomic E-state index is 13.4. The summed E-state index contributed by atoms with van der Waals surface area (Å²) in [6, 6.07) is 11.8. The number of thioether (sulfide) groups is 1. The number of rotatable bonds is 6. The van der Waals surface area contributed by atoms with E-state index in [4.69, 9.17) is 15.2 Å². The molecule has 180 valence electrons. The molecule has 1 aromatic heterocycles. The van der Waals surface area contributed by atoms with E-state index in [-0.39, 0.29) is 34.6 Å². The lowest BCUT2D eigenvalue weighted by Crippen LogP contribution is -2.28. The van der Waals surface area contributed by atoms with E-state index in [2.05, 4.69) is 39.7 Å². The fraction of sp³-hybridized carbons (Fsp3) is 0.308. The number of benzene rings is 1. The highest BCUT2D eigenvalue weighted by atomic mass is 127. The van der Waals surface area contributed by atoms with Crippen LogP contribution in [0.25, 0.3) is 0 Å². The molecule has 3 rings (SSSR count). The molecule has 2 aromatic rings. The Labute approximate surface area is 223 Å². The molecule has 1 aromatic carbocycles. The molecule has 1 aliphatic rings. The van der Waals surface area contributed by atoms with Crippen LogP contribution in [0.15, 0.2) is 52.1 Å². The Morgan fingerprint density at radius 1 is 1.23 bits per heavy atom. The van der Waals surface area contributed by atoms with Crippen LogP contribution in [0.4, 0.5) is 0 Å². The zero-order valence-electron chi connectivity index (χ0n) is 20.1. The maximum Gasteiger partial charge on any atom is 0.338 e. The number of hydrogen-bond acceptors (Lipinski definition) is 8. The summed E-state index contributed by atoms with van der Waals surface area (Å²) in [5.74, 6) is -0.924. The minimum atomic E-state index is -0.742. The first-order valence-electron chi connectivity index (χ1n) is 10.9. The van der Waals surface area contributed by atoms with Gasteiger partial charge in [0.2, 0.25) is 5.88 Å². The summed E-state index contributed by atoms with van der Waals surface area (Å²) in [5.41, 5.74) is 10.4. The highest BCUT2D eigenvalue weighted by Crippen LogP contribution is 2.42. The van der Waals surface area contributed by atoms with Crippen LogP contribution in [0.2, 0.25) is 0 Å². The molecule has 0 spiro atoms. The van der Waals surface area contributed by atoms with E-state index in [9.17, 15) is 15.3 Å². The Morgan fingerprint density at radius 2 is 1.91 bits per heavy atom. The summed E-state index contributed by atoms with van der Waals surface area (Å²) in [6.07, 6.45) is -0.373. The quantitative estimate of drug-likeness (QED) is 0.270. The van der Waals surface area contributed by atoms with E-state index in [0.29, 0.717) is 10.6 Å². The molecule has 7 nitrogen and oxygen atoms in total. The fourth-order valence-corrected chi connectivity index (χ4v) is 5.45. The summed E-state index contributed by atoms with van der Waals surface area (Å²) in [5, 5.41) is 20.2. The van der Waals surface area contributed by atoms with Crippen molar-refractivity contribution >= 4 is 40.3 Å². The Morgan fingerprint density at radius 3 is 2.51 bits per heavy atom. The number of carbonyl (C=O) groups excluding carboxylic acids is 1. The third-order valence-corrected chi connectivity index (χ3v) is 7.65. The highest BCUT2D eigenvalue weighted by Gasteiger charge is 2.39. The Kier molecular flexibility index (Phi) is 8.47. The number of halogens is 1. The van der Waals surface area contributed by atoms with Crippen molar-refractivity contribution in [2.75, 3.05) is 5.75 Å². The van der Waals surface area contributed by atoms with E-state index in [1.807, 2.05) is 45.0 Å². The van der Waals surface area contributed by atoms with Crippen molar-refractivity contribution in [2.45, 2.75) is 51.7 Å². The topological polar surface area (TPSA) is 122 Å². The molecular weight excluding hydrogens is 575 g/mol. The molecule has 35 heavy (non-hydrogen) atoms. The molecule has 0 bridgehead atoms. The largest absolute Gasteiger partial charge is 0.459 e. The van der Waals surface area contributed by atoms with Gasteiger partial charge in [-0.2, -0.15) is 10.5 Å². The minimum Gasteiger partial charge on any atom is -0.459 e. The van der Waals surface area contributed by atoms with Crippen molar-refractivity contribution in [3.63, 3.8) is 0 Å². The molecule has 0 fully saturated rings. The smallest absolute Gasteiger partial charge is 0.338 e. The van der Waals surface area contributed by atoms with Gasteiger partial charge >= 0.3 is 5.97 Å². The van der Waals surface area contributed by atoms with Gasteiger partial charge in [-0.1, -0.05) is 30.0 Å². The van der Waals surface area contributed by atoms with Crippen LogP contribution in [0, 0.1) is 47.0 Å². The summed E-state index contributed by atoms with van der Waals surface area (Å²) in [4.78, 5) is 18.0. The third kappa shape index (κ3) is 5.47. The van der Waals surface area contributed by atoms with Gasteiger partial charge in [-0.05, 0) is 80.0 Å². The third-order valence-electron chi connectivity index (χ3n) is 5.69. The number of aryl methyl sites for hydroxylation is 1. The first-order chi connectivity index (χ1) is 16.6. The number of carbonyl (C=O) groups is 1. The number of esters is 1. The van der Waals surface area contributed by atoms with Crippen LogP contribution in [-0.2, 0) is 14.3 Å². The molecule has 0 amide bonds. The lowest BCUT2D eigenvalue weighted by Gasteiger charge is -2.29. The summed E-state index contributed by atoms with van der Waals surface area (Å²) in [6.45, 7) is 9.23. The molecule has 1 unspecified atom stereocenters. The lowest BCUT2D eigenvalue weighted by molar-refractivity contribution is -0.143. The van der Waals surface area contributed by atoms with E-state index >= 15 is 0 Å². The molecule has 1 atom stereocenters. The summed E-state index contributed by atoms with van der Waals surface area (Å²) >= 11 is 3.45. The van der Waals surface area contributed by atoms with Gasteiger partial charge in [-0.15, -0.1) is 0 Å². The molecule has 1 aliphatic heterocycles. The molecule has 2 heterocycles. The van der Waals surface area contributed by atoms with Crippen molar-refractivity contribution in [3.05, 3.63) is 78.6 Å². The predicted octanol–water partition coefficient (Wildman–Crippen LogP) is 5.29. The SMILES string of the molecule is Cc1nc(SCC2=C(C(=O)OC(C)C)C(c3ccccc3I)C(C#N)=C(N)O2)c(C#N)c(C)c1C. The van der Waals surface area contributed by atoms with Crippen molar-refractivity contribution in [3.8, 4) is 12.1 Å². The molecule has 2 N–H and O–H groups in total. The van der Waals surface area contributed by atoms with Gasteiger partial charge in [0, 0.05) is 9.26 Å². The monoisotopic (exact) mass is 600 g/mol. The zero-order valence-corrected chi connectivity index (χ0v) is 23.1. The van der Waals surface area contributed by atoms with E-state index in [0.717, 1.165) is 26.0 Å². The first kappa shape index (κ1) is 26.6. The van der Waals surface area contributed by atoms with Gasteiger partial charge in [-0.25, -0.2) is 9.78 Å². The lowest BCUT2D eigenvalue weighted by atomic mass is 9.83. The molecule has 0 saturated heterocycles. The van der Waals surface area contributed by atoms with Crippen molar-refractivity contribution in [1.29, 1.82) is 10.5 Å². The van der Waals surface area contributed by atoms with E-state index in [1.54, 1.807) is 13.8 Å². The van der Waals surface area contributed by atoms with Crippen LogP contribution in [0.1, 0.15) is 47.7 Å². The van der Waals surface area contributed by atoms with Crippen LogP contribution in [0.5, 0.6) is 0 Å². The number of nitrogens with two attached hydrogens (primary N) is 1. The van der Waals surface area contributed by atoms with Crippen molar-refractivity contribution in [2.24, 2.45) is 5.73 Å². The van der Waals surface area contributed by atoms with Gasteiger partial charge in [0.05, 0.1) is 28.9 Å². The van der Waals surface area contributed by atoms with Gasteiger partial charge in [-0.3, -0.25) is 0 Å². The van der Waals surface area contributed by atoms with Gasteiger partial charge in [0.1, 0.15) is 28.5 Å². The summed E-state index contributed by atoms with van der Waals surface area (Å²) in [7, 11) is 0. The number of aromatic nitrogens is 1. The second kappa shape index (κ2) is 11.1. The zero-order chi connectivity index (χ0) is 25.9. The Balaban J connectivity index is 2.16. The van der Waals surface area contributed by atoms with Crippen LogP contribution in [0.3, 0.4) is 0 Å². The maximum absolute atomic E-state index is 13.4. The highest BCUT2D eigenvalue weighted by molar-refractivity contribution is 14.1. The molecule has 9 heteroatoms. The van der Waals surface area contributed by atoms with Crippen LogP contribution >= 0.6 is 34.4 Å². The first-order valence-corrected chi connectivity index (χ1v) is 12.9. The number of allylic oxidation sites excluding steroid dienone is 1. The number of nitrogens with zero attached hydrogens (tertiary/aromatic N) is 3. The molecular formula is C26H25IN4O3S. The van der Waals surface area contributed by atoms with Crippen molar-refractivity contribution < 1.29 is 14.3 Å². The average molecular weight is 600 g/mol. The van der Waals surface area contributed by atoms with E-state index in [1.165, 1.54) is 11.8 Å². The summed E-state index contributed by atoms with van der Waals surface area (Å²) < 4.78 is 12.3. The Hall–Kier alpha value is -3.02. The van der Waals surface area contributed by atoms with E-state index < -0.39 is 11.9 Å². The van der Waals surface area contributed by atoms with Crippen LogP contribution < -0.4 is 5.73 Å². The van der Waals surface area contributed by atoms with Gasteiger partial charge < -0.3 is 15.2 Å². The molecule has 0 radical (unpaired) electrons. The van der Waals surface area contributed by atoms with Gasteiger partial charge in [0.15, 0.2) is 0 Å². The normalized spacial score (nSPS) is 15.5. The predicted molar refractivity (Wildman–Crippen MR) is 142 cm³/mol.